The quantitative estimate of drug-likeness (QED) is 0.628. The molecule has 1 fully saturated rings. The molecule has 0 aromatic carbocycles. The van der Waals surface area contributed by atoms with Gasteiger partial charge in [0, 0.05) is 6.04 Å². The minimum Gasteiger partial charge on any atom is -0.395 e. The van der Waals surface area contributed by atoms with Crippen LogP contribution in [0.15, 0.2) is 0 Å². The van der Waals surface area contributed by atoms with Crippen molar-refractivity contribution in [2.45, 2.75) is 38.6 Å². The maximum Gasteiger partial charge on any atom is 0.0582 e. The fraction of sp³-hybridized carbons (Fsp3) is 1.00. The summed E-state index contributed by atoms with van der Waals surface area (Å²) >= 11 is 0. The standard InChI is InChI=1S/C9H19NO/c1-7(8-3-4-8)2-5-9(10)6-11/h7-9,11H,2-6,10H2,1H3. The van der Waals surface area contributed by atoms with Crippen molar-refractivity contribution in [2.24, 2.45) is 17.6 Å². The lowest BCUT2D eigenvalue weighted by Crippen LogP contribution is -2.24. The molecule has 2 heteroatoms. The number of hydrogen-bond donors (Lipinski definition) is 2. The number of nitrogens with two attached hydrogens (primary N) is 1. The van der Waals surface area contributed by atoms with E-state index in [2.05, 4.69) is 6.92 Å². The Morgan fingerprint density at radius 2 is 2.09 bits per heavy atom. The van der Waals surface area contributed by atoms with Crippen LogP contribution in [0.5, 0.6) is 0 Å². The van der Waals surface area contributed by atoms with Crippen molar-refractivity contribution in [1.82, 2.24) is 0 Å². The summed E-state index contributed by atoms with van der Waals surface area (Å²) in [5.74, 6) is 1.80. The van der Waals surface area contributed by atoms with Crippen LogP contribution in [0.3, 0.4) is 0 Å². The molecular formula is C9H19NO. The minimum absolute atomic E-state index is 0.0104. The van der Waals surface area contributed by atoms with Crippen LogP contribution in [0, 0.1) is 11.8 Å². The Morgan fingerprint density at radius 1 is 1.45 bits per heavy atom. The summed E-state index contributed by atoms with van der Waals surface area (Å²) in [6, 6.07) is 0.0104. The summed E-state index contributed by atoms with van der Waals surface area (Å²) in [5, 5.41) is 8.68. The van der Waals surface area contributed by atoms with Gasteiger partial charge >= 0.3 is 0 Å². The molecule has 0 radical (unpaired) electrons. The van der Waals surface area contributed by atoms with Gasteiger partial charge in [-0.1, -0.05) is 6.92 Å². The van der Waals surface area contributed by atoms with Crippen molar-refractivity contribution in [3.63, 3.8) is 0 Å². The summed E-state index contributed by atoms with van der Waals surface area (Å²) in [6.45, 7) is 2.43. The van der Waals surface area contributed by atoms with Crippen molar-refractivity contribution in [2.75, 3.05) is 6.61 Å². The van der Waals surface area contributed by atoms with E-state index in [1.807, 2.05) is 0 Å². The number of hydrogen-bond acceptors (Lipinski definition) is 2. The van der Waals surface area contributed by atoms with E-state index in [1.165, 1.54) is 19.3 Å². The molecule has 66 valence electrons. The zero-order valence-corrected chi connectivity index (χ0v) is 7.29. The Hall–Kier alpha value is -0.0800. The molecule has 0 spiro atoms. The van der Waals surface area contributed by atoms with Crippen LogP contribution in [0.2, 0.25) is 0 Å². The number of aliphatic hydroxyl groups excluding tert-OH is 1. The molecular weight excluding hydrogens is 138 g/mol. The maximum atomic E-state index is 8.68. The highest BCUT2D eigenvalue weighted by Crippen LogP contribution is 2.38. The smallest absolute Gasteiger partial charge is 0.0582 e. The summed E-state index contributed by atoms with van der Waals surface area (Å²) < 4.78 is 0. The van der Waals surface area contributed by atoms with Crippen molar-refractivity contribution in [3.8, 4) is 0 Å². The van der Waals surface area contributed by atoms with Gasteiger partial charge in [0.2, 0.25) is 0 Å². The first kappa shape index (κ1) is 9.01. The molecule has 3 N–H and O–H groups in total. The molecule has 11 heavy (non-hydrogen) atoms. The molecule has 1 saturated carbocycles. The van der Waals surface area contributed by atoms with E-state index in [9.17, 15) is 0 Å². The summed E-state index contributed by atoms with van der Waals surface area (Å²) in [6.07, 6.45) is 4.99. The van der Waals surface area contributed by atoms with Crippen LogP contribution in [0.1, 0.15) is 32.6 Å². The van der Waals surface area contributed by atoms with E-state index < -0.39 is 0 Å². The van der Waals surface area contributed by atoms with Gasteiger partial charge < -0.3 is 10.8 Å². The molecule has 0 amide bonds. The summed E-state index contributed by atoms with van der Waals surface area (Å²) in [7, 11) is 0. The minimum atomic E-state index is 0.0104. The number of aliphatic hydroxyl groups is 1. The Morgan fingerprint density at radius 3 is 2.55 bits per heavy atom. The Kier molecular flexibility index (Phi) is 3.34. The topological polar surface area (TPSA) is 46.2 Å². The van der Waals surface area contributed by atoms with Crippen LogP contribution < -0.4 is 5.73 Å². The fourth-order valence-electron chi connectivity index (χ4n) is 1.47. The first-order valence-corrected chi connectivity index (χ1v) is 4.60. The Labute approximate surface area is 68.8 Å². The Balaban J connectivity index is 2.00. The predicted molar refractivity (Wildman–Crippen MR) is 46.2 cm³/mol. The van der Waals surface area contributed by atoms with Gasteiger partial charge in [-0.2, -0.15) is 0 Å². The average Bonchev–Trinajstić information content (AvgIpc) is 2.81. The van der Waals surface area contributed by atoms with Gasteiger partial charge in [-0.05, 0) is 37.5 Å². The highest BCUT2D eigenvalue weighted by atomic mass is 16.3. The molecule has 1 aliphatic carbocycles. The summed E-state index contributed by atoms with van der Waals surface area (Å²) in [5.41, 5.74) is 5.59. The van der Waals surface area contributed by atoms with E-state index in [4.69, 9.17) is 10.8 Å². The second-order valence-electron chi connectivity index (χ2n) is 3.83. The molecule has 2 atom stereocenters. The van der Waals surface area contributed by atoms with Crippen LogP contribution >= 0.6 is 0 Å². The third kappa shape index (κ3) is 3.21. The van der Waals surface area contributed by atoms with Crippen LogP contribution in [0.25, 0.3) is 0 Å². The van der Waals surface area contributed by atoms with Gasteiger partial charge in [0.05, 0.1) is 6.61 Å². The normalized spacial score (nSPS) is 23.2. The van der Waals surface area contributed by atoms with Gasteiger partial charge in [-0.25, -0.2) is 0 Å². The maximum absolute atomic E-state index is 8.68. The van der Waals surface area contributed by atoms with Crippen molar-refractivity contribution < 1.29 is 5.11 Å². The van der Waals surface area contributed by atoms with Crippen LogP contribution in [0.4, 0.5) is 0 Å². The lowest BCUT2D eigenvalue weighted by atomic mass is 9.98. The highest BCUT2D eigenvalue weighted by Gasteiger charge is 2.27. The fourth-order valence-corrected chi connectivity index (χ4v) is 1.47. The van der Waals surface area contributed by atoms with Crippen molar-refractivity contribution in [1.29, 1.82) is 0 Å². The van der Waals surface area contributed by atoms with E-state index in [-0.39, 0.29) is 12.6 Å². The zero-order valence-electron chi connectivity index (χ0n) is 7.29. The monoisotopic (exact) mass is 157 g/mol. The second kappa shape index (κ2) is 4.07. The van der Waals surface area contributed by atoms with Crippen LogP contribution in [-0.4, -0.2) is 17.8 Å². The molecule has 1 aliphatic rings. The van der Waals surface area contributed by atoms with Gasteiger partial charge in [0.15, 0.2) is 0 Å². The zero-order chi connectivity index (χ0) is 8.27. The van der Waals surface area contributed by atoms with Gasteiger partial charge in [0.25, 0.3) is 0 Å². The molecule has 2 nitrogen and oxygen atoms in total. The largest absolute Gasteiger partial charge is 0.395 e. The van der Waals surface area contributed by atoms with Gasteiger partial charge in [-0.3, -0.25) is 0 Å². The third-order valence-electron chi connectivity index (χ3n) is 2.65. The van der Waals surface area contributed by atoms with Crippen molar-refractivity contribution in [3.05, 3.63) is 0 Å². The predicted octanol–water partition coefficient (Wildman–Crippen LogP) is 1.13. The van der Waals surface area contributed by atoms with E-state index in [0.717, 1.165) is 18.3 Å². The molecule has 0 heterocycles. The molecule has 1 rings (SSSR count). The summed E-state index contributed by atoms with van der Waals surface area (Å²) in [4.78, 5) is 0. The molecule has 2 unspecified atom stereocenters. The Bertz CT molecular complexity index is 112. The lowest BCUT2D eigenvalue weighted by Gasteiger charge is -2.12. The second-order valence-corrected chi connectivity index (χ2v) is 3.83. The molecule has 0 bridgehead atoms. The van der Waals surface area contributed by atoms with E-state index >= 15 is 0 Å². The van der Waals surface area contributed by atoms with Gasteiger partial charge in [0.1, 0.15) is 0 Å². The molecule has 0 saturated heterocycles. The van der Waals surface area contributed by atoms with Crippen molar-refractivity contribution >= 4 is 0 Å². The van der Waals surface area contributed by atoms with Gasteiger partial charge in [-0.15, -0.1) is 0 Å². The SMILES string of the molecule is CC(CCC(N)CO)C1CC1. The third-order valence-corrected chi connectivity index (χ3v) is 2.65. The number of rotatable bonds is 5. The first-order valence-electron chi connectivity index (χ1n) is 4.60. The van der Waals surface area contributed by atoms with Crippen LogP contribution in [-0.2, 0) is 0 Å². The average molecular weight is 157 g/mol. The lowest BCUT2D eigenvalue weighted by molar-refractivity contribution is 0.251. The van der Waals surface area contributed by atoms with E-state index in [0.29, 0.717) is 0 Å². The molecule has 0 aromatic rings. The highest BCUT2D eigenvalue weighted by molar-refractivity contribution is 4.79. The first-order chi connectivity index (χ1) is 5.24. The van der Waals surface area contributed by atoms with E-state index in [1.54, 1.807) is 0 Å². The molecule has 0 aliphatic heterocycles. The molecule has 0 aromatic heterocycles.